The van der Waals surface area contributed by atoms with Crippen molar-refractivity contribution in [2.75, 3.05) is 26.7 Å². The lowest BCUT2D eigenvalue weighted by Crippen LogP contribution is -2.40. The predicted molar refractivity (Wildman–Crippen MR) is 110 cm³/mol. The van der Waals surface area contributed by atoms with Crippen molar-refractivity contribution < 1.29 is 14.3 Å². The number of likely N-dealkylation sites (tertiary alicyclic amines) is 1. The largest absolute Gasteiger partial charge is 0.496 e. The van der Waals surface area contributed by atoms with Crippen molar-refractivity contribution >= 4 is 11.8 Å². The van der Waals surface area contributed by atoms with E-state index in [1.165, 1.54) is 12.8 Å². The highest BCUT2D eigenvalue weighted by Gasteiger charge is 2.32. The molecule has 2 amide bonds. The lowest BCUT2D eigenvalue weighted by Gasteiger charge is -2.31. The molecule has 0 aromatic heterocycles. The molecule has 0 spiro atoms. The molecule has 2 fully saturated rings. The Morgan fingerprint density at radius 3 is 2.32 bits per heavy atom. The van der Waals surface area contributed by atoms with E-state index < -0.39 is 0 Å². The number of carbonyl (C=O) groups is 2. The molecule has 0 radical (unpaired) electrons. The first-order chi connectivity index (χ1) is 13.7. The zero-order valence-corrected chi connectivity index (χ0v) is 17.1. The number of amides is 2. The fraction of sp³-hybridized carbons (Fsp3) is 0.652. The Kier molecular flexibility index (Phi) is 7.75. The molecule has 5 nitrogen and oxygen atoms in total. The molecule has 0 atom stereocenters. The third-order valence-electron chi connectivity index (χ3n) is 6.25. The first-order valence-corrected chi connectivity index (χ1v) is 10.9. The van der Waals surface area contributed by atoms with Crippen LogP contribution in [-0.2, 0) is 16.0 Å². The van der Waals surface area contributed by atoms with E-state index in [0.717, 1.165) is 69.3 Å². The lowest BCUT2D eigenvalue weighted by atomic mass is 9.81. The second-order valence-electron chi connectivity index (χ2n) is 8.14. The van der Waals surface area contributed by atoms with Gasteiger partial charge in [0.15, 0.2) is 0 Å². The molecule has 1 aliphatic heterocycles. The molecule has 1 N–H and O–H groups in total. The number of para-hydroxylation sites is 1. The van der Waals surface area contributed by atoms with Crippen LogP contribution in [-0.4, -0.2) is 43.5 Å². The summed E-state index contributed by atoms with van der Waals surface area (Å²) in [5, 5.41) is 3.08. The number of nitrogens with one attached hydrogen (secondary N) is 1. The molecular weight excluding hydrogens is 352 g/mol. The van der Waals surface area contributed by atoms with Gasteiger partial charge in [0.25, 0.3) is 0 Å². The molecule has 28 heavy (non-hydrogen) atoms. The highest BCUT2D eigenvalue weighted by molar-refractivity contribution is 5.81. The van der Waals surface area contributed by atoms with Crippen LogP contribution in [0.25, 0.3) is 0 Å². The number of carbonyl (C=O) groups excluding carboxylic acids is 2. The van der Waals surface area contributed by atoms with Crippen LogP contribution in [0.2, 0.25) is 0 Å². The minimum Gasteiger partial charge on any atom is -0.496 e. The van der Waals surface area contributed by atoms with Crippen LogP contribution in [0.5, 0.6) is 5.75 Å². The van der Waals surface area contributed by atoms with E-state index in [9.17, 15) is 9.59 Å². The maximum Gasteiger partial charge on any atom is 0.225 e. The van der Waals surface area contributed by atoms with Gasteiger partial charge in [-0.05, 0) is 56.6 Å². The normalized spacial score (nSPS) is 23.0. The zero-order valence-electron chi connectivity index (χ0n) is 17.1. The molecule has 3 rings (SSSR count). The molecule has 1 saturated carbocycles. The van der Waals surface area contributed by atoms with Gasteiger partial charge in [0.05, 0.1) is 7.11 Å². The van der Waals surface area contributed by atoms with Crippen molar-refractivity contribution in [3.63, 3.8) is 0 Å². The fourth-order valence-electron chi connectivity index (χ4n) is 4.53. The Morgan fingerprint density at radius 2 is 1.64 bits per heavy atom. The SMILES string of the molecule is COc1ccccc1CCNC(=O)C1CCC(C(=O)N2CCCCCC2)CC1. The Hall–Kier alpha value is -2.04. The van der Waals surface area contributed by atoms with Crippen LogP contribution >= 0.6 is 0 Å². The average molecular weight is 387 g/mol. The van der Waals surface area contributed by atoms with Gasteiger partial charge in [0, 0.05) is 31.5 Å². The van der Waals surface area contributed by atoms with Gasteiger partial charge in [-0.2, -0.15) is 0 Å². The van der Waals surface area contributed by atoms with E-state index in [4.69, 9.17) is 4.74 Å². The molecule has 0 unspecified atom stereocenters. The molecule has 1 aliphatic carbocycles. The molecule has 2 aliphatic rings. The van der Waals surface area contributed by atoms with Crippen molar-refractivity contribution in [3.8, 4) is 5.75 Å². The number of methoxy groups -OCH3 is 1. The first-order valence-electron chi connectivity index (χ1n) is 10.9. The number of rotatable bonds is 6. The van der Waals surface area contributed by atoms with Gasteiger partial charge in [0.2, 0.25) is 11.8 Å². The van der Waals surface area contributed by atoms with E-state index in [2.05, 4.69) is 10.2 Å². The van der Waals surface area contributed by atoms with Crippen molar-refractivity contribution in [3.05, 3.63) is 29.8 Å². The molecule has 1 saturated heterocycles. The number of benzene rings is 1. The summed E-state index contributed by atoms with van der Waals surface area (Å²) in [6.45, 7) is 2.45. The molecule has 1 aromatic rings. The summed E-state index contributed by atoms with van der Waals surface area (Å²) in [4.78, 5) is 27.4. The van der Waals surface area contributed by atoms with Gasteiger partial charge >= 0.3 is 0 Å². The van der Waals surface area contributed by atoms with E-state index in [1.54, 1.807) is 7.11 Å². The minimum absolute atomic E-state index is 0.0471. The van der Waals surface area contributed by atoms with Gasteiger partial charge < -0.3 is 15.0 Å². The first kappa shape index (κ1) is 20.7. The van der Waals surface area contributed by atoms with Crippen LogP contribution in [0.15, 0.2) is 24.3 Å². The third kappa shape index (κ3) is 5.49. The highest BCUT2D eigenvalue weighted by Crippen LogP contribution is 2.31. The highest BCUT2D eigenvalue weighted by atomic mass is 16.5. The smallest absolute Gasteiger partial charge is 0.225 e. The van der Waals surface area contributed by atoms with Crippen LogP contribution in [0.3, 0.4) is 0 Å². The summed E-state index contributed by atoms with van der Waals surface area (Å²) < 4.78 is 5.36. The van der Waals surface area contributed by atoms with Gasteiger partial charge in [-0.1, -0.05) is 31.0 Å². The number of hydrogen-bond donors (Lipinski definition) is 1. The summed E-state index contributed by atoms with van der Waals surface area (Å²) in [6.07, 6.45) is 8.86. The second-order valence-corrected chi connectivity index (χ2v) is 8.14. The molecule has 0 bridgehead atoms. The molecule has 1 heterocycles. The maximum absolute atomic E-state index is 12.8. The maximum atomic E-state index is 12.8. The summed E-state index contributed by atoms with van der Waals surface area (Å²) in [5.41, 5.74) is 1.11. The molecular formula is C23H34N2O3. The Morgan fingerprint density at radius 1 is 1.00 bits per heavy atom. The van der Waals surface area contributed by atoms with E-state index in [-0.39, 0.29) is 17.7 Å². The van der Waals surface area contributed by atoms with Crippen molar-refractivity contribution in [2.45, 2.75) is 57.8 Å². The number of ether oxygens (including phenoxy) is 1. The van der Waals surface area contributed by atoms with Crippen molar-refractivity contribution in [1.29, 1.82) is 0 Å². The van der Waals surface area contributed by atoms with Gasteiger partial charge in [-0.25, -0.2) is 0 Å². The summed E-state index contributed by atoms with van der Waals surface area (Å²) in [7, 11) is 1.67. The summed E-state index contributed by atoms with van der Waals surface area (Å²) >= 11 is 0. The van der Waals surface area contributed by atoms with Crippen LogP contribution in [0.4, 0.5) is 0 Å². The molecule has 1 aromatic carbocycles. The fourth-order valence-corrected chi connectivity index (χ4v) is 4.53. The Bertz CT molecular complexity index is 645. The van der Waals surface area contributed by atoms with E-state index in [0.29, 0.717) is 12.5 Å². The molecule has 154 valence electrons. The Balaban J connectivity index is 1.40. The van der Waals surface area contributed by atoms with Gasteiger partial charge in [-0.15, -0.1) is 0 Å². The van der Waals surface area contributed by atoms with Crippen molar-refractivity contribution in [2.24, 2.45) is 11.8 Å². The topological polar surface area (TPSA) is 58.6 Å². The monoisotopic (exact) mass is 386 g/mol. The minimum atomic E-state index is 0.0471. The average Bonchev–Trinajstić information content (AvgIpc) is 3.03. The van der Waals surface area contributed by atoms with Crippen LogP contribution < -0.4 is 10.1 Å². The van der Waals surface area contributed by atoms with Gasteiger partial charge in [-0.3, -0.25) is 9.59 Å². The quantitative estimate of drug-likeness (QED) is 0.813. The standard InChI is InChI=1S/C23H34N2O3/c1-28-21-9-5-4-8-18(21)14-15-24-22(26)19-10-12-20(13-11-19)23(27)25-16-6-2-3-7-17-25/h4-5,8-9,19-20H,2-3,6-7,10-17H2,1H3,(H,24,26). The third-order valence-corrected chi connectivity index (χ3v) is 6.25. The second kappa shape index (κ2) is 10.5. The van der Waals surface area contributed by atoms with E-state index >= 15 is 0 Å². The lowest BCUT2D eigenvalue weighted by molar-refractivity contribution is -0.138. The number of hydrogen-bond acceptors (Lipinski definition) is 3. The molecule has 5 heteroatoms. The van der Waals surface area contributed by atoms with Gasteiger partial charge in [0.1, 0.15) is 5.75 Å². The van der Waals surface area contributed by atoms with Crippen LogP contribution in [0.1, 0.15) is 56.9 Å². The zero-order chi connectivity index (χ0) is 19.8. The van der Waals surface area contributed by atoms with Crippen LogP contribution in [0, 0.1) is 11.8 Å². The summed E-state index contributed by atoms with van der Waals surface area (Å²) in [6, 6.07) is 7.92. The van der Waals surface area contributed by atoms with Crippen molar-refractivity contribution in [1.82, 2.24) is 10.2 Å². The predicted octanol–water partition coefficient (Wildman–Crippen LogP) is 3.56. The number of nitrogens with zero attached hydrogens (tertiary/aromatic N) is 1. The van der Waals surface area contributed by atoms with E-state index in [1.807, 2.05) is 24.3 Å². The Labute approximate surface area is 168 Å². The summed E-state index contributed by atoms with van der Waals surface area (Å²) in [5.74, 6) is 1.50.